The summed E-state index contributed by atoms with van der Waals surface area (Å²) >= 11 is 8.23. The molecule has 1 aromatic carbocycles. The van der Waals surface area contributed by atoms with Gasteiger partial charge in [0.1, 0.15) is 11.6 Å². The molecule has 0 spiro atoms. The predicted molar refractivity (Wildman–Crippen MR) is 97.9 cm³/mol. The molecule has 1 N–H and O–H groups in total. The molecule has 0 saturated heterocycles. The largest absolute Gasteiger partial charge is 0.493 e. The van der Waals surface area contributed by atoms with Crippen LogP contribution in [0.3, 0.4) is 0 Å². The Morgan fingerprint density at radius 2 is 2.00 bits per heavy atom. The molecule has 0 atom stereocenters. The third-order valence-electron chi connectivity index (χ3n) is 3.16. The standard InChI is InChI=1S/C15H12ClIN4O2/c1-22-9-7-8-11(12(17)13(9)23-2)14(21-15(16)19-8)20-10-5-3-4-6-18-10/h3-7H,1-2H3,(H,18,19,20,21). The number of fused-ring (bicyclic) bond motifs is 1. The summed E-state index contributed by atoms with van der Waals surface area (Å²) in [6, 6.07) is 7.34. The number of nitrogens with zero attached hydrogens (tertiary/aromatic N) is 3. The van der Waals surface area contributed by atoms with Crippen molar-refractivity contribution in [1.82, 2.24) is 15.0 Å². The van der Waals surface area contributed by atoms with Crippen molar-refractivity contribution in [3.05, 3.63) is 39.3 Å². The Morgan fingerprint density at radius 3 is 2.65 bits per heavy atom. The minimum atomic E-state index is 0.138. The smallest absolute Gasteiger partial charge is 0.224 e. The highest BCUT2D eigenvalue weighted by Crippen LogP contribution is 2.40. The van der Waals surface area contributed by atoms with Crippen molar-refractivity contribution in [2.45, 2.75) is 0 Å². The maximum Gasteiger partial charge on any atom is 0.224 e. The maximum atomic E-state index is 6.05. The van der Waals surface area contributed by atoms with Gasteiger partial charge in [0.05, 0.1) is 28.7 Å². The first-order valence-electron chi connectivity index (χ1n) is 6.59. The van der Waals surface area contributed by atoms with Crippen LogP contribution in [0, 0.1) is 3.57 Å². The van der Waals surface area contributed by atoms with Crippen molar-refractivity contribution in [1.29, 1.82) is 0 Å². The molecule has 0 aliphatic heterocycles. The highest BCUT2D eigenvalue weighted by atomic mass is 127. The number of anilines is 2. The molecule has 2 heterocycles. The summed E-state index contributed by atoms with van der Waals surface area (Å²) < 4.78 is 11.6. The zero-order valence-electron chi connectivity index (χ0n) is 12.3. The van der Waals surface area contributed by atoms with Gasteiger partial charge < -0.3 is 14.8 Å². The quantitative estimate of drug-likeness (QED) is 0.486. The summed E-state index contributed by atoms with van der Waals surface area (Å²) in [7, 11) is 3.17. The van der Waals surface area contributed by atoms with Gasteiger partial charge in [0.25, 0.3) is 0 Å². The number of aromatic nitrogens is 3. The second-order valence-electron chi connectivity index (χ2n) is 4.50. The molecule has 0 amide bonds. The number of nitrogens with one attached hydrogen (secondary N) is 1. The average molecular weight is 443 g/mol. The summed E-state index contributed by atoms with van der Waals surface area (Å²) in [6.07, 6.45) is 1.70. The minimum absolute atomic E-state index is 0.138. The Morgan fingerprint density at radius 1 is 1.17 bits per heavy atom. The van der Waals surface area contributed by atoms with Crippen molar-refractivity contribution in [3.63, 3.8) is 0 Å². The van der Waals surface area contributed by atoms with Crippen molar-refractivity contribution in [2.75, 3.05) is 19.5 Å². The lowest BCUT2D eigenvalue weighted by molar-refractivity contribution is 0.354. The lowest BCUT2D eigenvalue weighted by Crippen LogP contribution is -2.02. The van der Waals surface area contributed by atoms with Crippen LogP contribution in [-0.2, 0) is 0 Å². The zero-order valence-corrected chi connectivity index (χ0v) is 15.2. The van der Waals surface area contributed by atoms with E-state index < -0.39 is 0 Å². The first kappa shape index (κ1) is 16.0. The Kier molecular flexibility index (Phi) is 4.67. The van der Waals surface area contributed by atoms with Crippen molar-refractivity contribution < 1.29 is 9.47 Å². The second kappa shape index (κ2) is 6.71. The molecule has 0 bridgehead atoms. The molecule has 23 heavy (non-hydrogen) atoms. The first-order valence-corrected chi connectivity index (χ1v) is 8.05. The van der Waals surface area contributed by atoms with Crippen molar-refractivity contribution in [3.8, 4) is 11.5 Å². The van der Waals surface area contributed by atoms with Crippen LogP contribution in [0.25, 0.3) is 10.9 Å². The number of hydrogen-bond donors (Lipinski definition) is 1. The maximum absolute atomic E-state index is 6.05. The molecule has 0 aliphatic rings. The number of rotatable bonds is 4. The van der Waals surface area contributed by atoms with Gasteiger partial charge >= 0.3 is 0 Å². The number of hydrogen-bond acceptors (Lipinski definition) is 6. The predicted octanol–water partition coefficient (Wildman–Crippen LogP) is 4.04. The first-order chi connectivity index (χ1) is 11.1. The van der Waals surface area contributed by atoms with Gasteiger partial charge in [0, 0.05) is 12.3 Å². The third kappa shape index (κ3) is 3.11. The van der Waals surface area contributed by atoms with E-state index in [4.69, 9.17) is 21.1 Å². The van der Waals surface area contributed by atoms with E-state index >= 15 is 0 Å². The molecule has 3 aromatic rings. The molecule has 6 nitrogen and oxygen atoms in total. The number of ether oxygens (including phenoxy) is 2. The molecule has 118 valence electrons. The van der Waals surface area contributed by atoms with Crippen molar-refractivity contribution in [2.24, 2.45) is 0 Å². The van der Waals surface area contributed by atoms with Crippen LogP contribution in [0.4, 0.5) is 11.6 Å². The molecule has 0 radical (unpaired) electrons. The van der Waals surface area contributed by atoms with Crippen LogP contribution in [0.5, 0.6) is 11.5 Å². The van der Waals surface area contributed by atoms with E-state index in [9.17, 15) is 0 Å². The molecule has 3 rings (SSSR count). The third-order valence-corrected chi connectivity index (χ3v) is 4.35. The highest BCUT2D eigenvalue weighted by molar-refractivity contribution is 14.1. The normalized spacial score (nSPS) is 10.6. The topological polar surface area (TPSA) is 69.2 Å². The Balaban J connectivity index is 2.25. The lowest BCUT2D eigenvalue weighted by atomic mass is 10.2. The van der Waals surface area contributed by atoms with E-state index in [1.54, 1.807) is 26.5 Å². The molecular weight excluding hydrogens is 431 g/mol. The summed E-state index contributed by atoms with van der Waals surface area (Å²) in [5.41, 5.74) is 0.658. The Labute approximate surface area is 151 Å². The SMILES string of the molecule is COc1cc2nc(Cl)nc(Nc3ccccn3)c2c(I)c1OC. The van der Waals surface area contributed by atoms with Crippen LogP contribution < -0.4 is 14.8 Å². The summed E-state index contributed by atoms with van der Waals surface area (Å²) in [6.45, 7) is 0. The van der Waals surface area contributed by atoms with Crippen LogP contribution in [0.2, 0.25) is 5.28 Å². The number of halogens is 2. The van der Waals surface area contributed by atoms with E-state index in [0.717, 1.165) is 8.96 Å². The van der Waals surface area contributed by atoms with Crippen LogP contribution >= 0.6 is 34.2 Å². The molecule has 0 saturated carbocycles. The van der Waals surface area contributed by atoms with Crippen LogP contribution in [-0.4, -0.2) is 29.2 Å². The molecule has 0 fully saturated rings. The molecule has 8 heteroatoms. The monoisotopic (exact) mass is 442 g/mol. The van der Waals surface area contributed by atoms with Gasteiger partial charge in [0.15, 0.2) is 11.5 Å². The van der Waals surface area contributed by atoms with Gasteiger partial charge in [-0.05, 0) is 46.3 Å². The van der Waals surface area contributed by atoms with Crippen LogP contribution in [0.1, 0.15) is 0 Å². The zero-order chi connectivity index (χ0) is 16.4. The number of methoxy groups -OCH3 is 2. The number of pyridine rings is 1. The van der Waals surface area contributed by atoms with E-state index in [2.05, 4.69) is 42.9 Å². The minimum Gasteiger partial charge on any atom is -0.493 e. The molecular formula is C15H12ClIN4O2. The van der Waals surface area contributed by atoms with E-state index in [0.29, 0.717) is 28.7 Å². The lowest BCUT2D eigenvalue weighted by Gasteiger charge is -2.14. The van der Waals surface area contributed by atoms with E-state index in [1.807, 2.05) is 18.2 Å². The number of benzene rings is 1. The van der Waals surface area contributed by atoms with Crippen LogP contribution in [0.15, 0.2) is 30.5 Å². The average Bonchev–Trinajstić information content (AvgIpc) is 2.54. The molecule has 0 aliphatic carbocycles. The van der Waals surface area contributed by atoms with E-state index in [1.165, 1.54) is 0 Å². The fourth-order valence-corrected chi connectivity index (χ4v) is 3.37. The van der Waals surface area contributed by atoms with Gasteiger partial charge in [0.2, 0.25) is 5.28 Å². The fourth-order valence-electron chi connectivity index (χ4n) is 2.17. The van der Waals surface area contributed by atoms with Crippen molar-refractivity contribution >= 4 is 56.7 Å². The second-order valence-corrected chi connectivity index (χ2v) is 5.92. The summed E-state index contributed by atoms with van der Waals surface area (Å²) in [5.74, 6) is 2.43. The van der Waals surface area contributed by atoms with Gasteiger partial charge in [-0.1, -0.05) is 6.07 Å². The summed E-state index contributed by atoms with van der Waals surface area (Å²) in [5, 5.41) is 4.10. The van der Waals surface area contributed by atoms with Gasteiger partial charge in [-0.15, -0.1) is 0 Å². The molecule has 2 aromatic heterocycles. The Bertz CT molecular complexity index is 861. The summed E-state index contributed by atoms with van der Waals surface area (Å²) in [4.78, 5) is 12.8. The Hall–Kier alpha value is -1.87. The van der Waals surface area contributed by atoms with Gasteiger partial charge in [-0.2, -0.15) is 4.98 Å². The fraction of sp³-hybridized carbons (Fsp3) is 0.133. The van der Waals surface area contributed by atoms with Gasteiger partial charge in [-0.3, -0.25) is 0 Å². The van der Waals surface area contributed by atoms with Gasteiger partial charge in [-0.25, -0.2) is 9.97 Å². The highest BCUT2D eigenvalue weighted by Gasteiger charge is 2.18. The molecule has 0 unspecified atom stereocenters. The van der Waals surface area contributed by atoms with E-state index in [-0.39, 0.29) is 5.28 Å².